The van der Waals surface area contributed by atoms with Gasteiger partial charge in [-0.25, -0.2) is 0 Å². The maximum Gasteiger partial charge on any atom is 0.224 e. The van der Waals surface area contributed by atoms with E-state index in [2.05, 4.69) is 11.2 Å². The molecule has 0 spiro atoms. The molecule has 140 valence electrons. The van der Waals surface area contributed by atoms with Crippen LogP contribution in [0.3, 0.4) is 0 Å². The highest BCUT2D eigenvalue weighted by Gasteiger charge is 2.24. The summed E-state index contributed by atoms with van der Waals surface area (Å²) in [5.41, 5.74) is 3.24. The average molecular weight is 357 g/mol. The Labute approximate surface area is 154 Å². The Morgan fingerprint density at radius 3 is 2.92 bits per heavy atom. The maximum atomic E-state index is 12.6. The minimum Gasteiger partial charge on any atom is -0.497 e. The summed E-state index contributed by atoms with van der Waals surface area (Å²) in [4.78, 5) is 14.5. The van der Waals surface area contributed by atoms with Crippen LogP contribution in [0.1, 0.15) is 23.4 Å². The van der Waals surface area contributed by atoms with Gasteiger partial charge in [-0.1, -0.05) is 12.1 Å². The Bertz CT molecular complexity index is 757. The third kappa shape index (κ3) is 4.64. The van der Waals surface area contributed by atoms with Gasteiger partial charge in [0.2, 0.25) is 5.91 Å². The fourth-order valence-corrected chi connectivity index (χ4v) is 3.39. The highest BCUT2D eigenvalue weighted by molar-refractivity contribution is 5.76. The Balaban J connectivity index is 1.53. The molecule has 1 aromatic carbocycles. The molecule has 1 aromatic heterocycles. The molecule has 26 heavy (non-hydrogen) atoms. The highest BCUT2D eigenvalue weighted by Crippen LogP contribution is 2.17. The highest BCUT2D eigenvalue weighted by atomic mass is 16.5. The second-order valence-electron chi connectivity index (χ2n) is 6.79. The van der Waals surface area contributed by atoms with Crippen LogP contribution >= 0.6 is 0 Å². The Morgan fingerprint density at radius 2 is 2.19 bits per heavy atom. The van der Waals surface area contributed by atoms with Gasteiger partial charge in [-0.3, -0.25) is 9.48 Å². The van der Waals surface area contributed by atoms with E-state index in [-0.39, 0.29) is 12.0 Å². The fourth-order valence-electron chi connectivity index (χ4n) is 3.39. The lowest BCUT2D eigenvalue weighted by molar-refractivity contribution is -0.139. The fraction of sp³-hybridized carbons (Fsp3) is 0.500. The molecule has 2 heterocycles. The molecule has 3 rings (SSSR count). The first-order valence-electron chi connectivity index (χ1n) is 9.08. The lowest BCUT2D eigenvalue weighted by Gasteiger charge is -2.33. The van der Waals surface area contributed by atoms with Gasteiger partial charge in [0.05, 0.1) is 25.5 Å². The molecule has 0 bridgehead atoms. The number of ether oxygens (including phenoxy) is 2. The van der Waals surface area contributed by atoms with Crippen LogP contribution in [-0.2, 0) is 22.5 Å². The number of amides is 1. The summed E-state index contributed by atoms with van der Waals surface area (Å²) in [6.07, 6.45) is 1.26. The van der Waals surface area contributed by atoms with E-state index >= 15 is 0 Å². The van der Waals surface area contributed by atoms with Crippen LogP contribution in [0.4, 0.5) is 0 Å². The number of carbonyl (C=O) groups is 1. The minimum atomic E-state index is 0.0218. The van der Waals surface area contributed by atoms with Crippen LogP contribution in [0.5, 0.6) is 5.75 Å². The smallest absolute Gasteiger partial charge is 0.224 e. The van der Waals surface area contributed by atoms with Gasteiger partial charge in [-0.15, -0.1) is 0 Å². The number of nitrogens with zero attached hydrogens (tertiary/aromatic N) is 3. The van der Waals surface area contributed by atoms with Crippen LogP contribution in [0.2, 0.25) is 0 Å². The van der Waals surface area contributed by atoms with Gasteiger partial charge in [-0.2, -0.15) is 5.10 Å². The molecule has 0 aliphatic carbocycles. The number of morpholine rings is 1. The zero-order valence-corrected chi connectivity index (χ0v) is 15.8. The van der Waals surface area contributed by atoms with E-state index in [0.29, 0.717) is 32.7 Å². The molecule has 0 radical (unpaired) electrons. The van der Waals surface area contributed by atoms with E-state index in [9.17, 15) is 4.79 Å². The number of benzene rings is 1. The second kappa shape index (κ2) is 8.36. The van der Waals surface area contributed by atoms with Gasteiger partial charge in [-0.05, 0) is 37.6 Å². The van der Waals surface area contributed by atoms with E-state index in [1.54, 1.807) is 7.11 Å². The van der Waals surface area contributed by atoms with Crippen LogP contribution in [0.25, 0.3) is 0 Å². The maximum absolute atomic E-state index is 12.6. The van der Waals surface area contributed by atoms with E-state index in [4.69, 9.17) is 9.47 Å². The number of aromatic nitrogens is 2. The zero-order valence-electron chi connectivity index (χ0n) is 15.8. The molecular weight excluding hydrogens is 330 g/mol. The standard InChI is InChI=1S/C20H27N3O3/c1-15-11-16(2)23(21-15)8-7-20(24)22-9-10-26-19(14-22)13-17-5-4-6-18(12-17)25-3/h4-6,11-12,19H,7-10,13-14H2,1-3H3/t19-/m1/s1. The third-order valence-corrected chi connectivity index (χ3v) is 4.73. The van der Waals surface area contributed by atoms with E-state index in [0.717, 1.165) is 29.1 Å². The van der Waals surface area contributed by atoms with Crippen LogP contribution < -0.4 is 4.74 Å². The molecule has 0 unspecified atom stereocenters. The summed E-state index contributed by atoms with van der Waals surface area (Å²) < 4.78 is 13.0. The second-order valence-corrected chi connectivity index (χ2v) is 6.79. The van der Waals surface area contributed by atoms with Crippen molar-refractivity contribution in [2.24, 2.45) is 0 Å². The molecule has 1 atom stereocenters. The van der Waals surface area contributed by atoms with E-state index in [1.165, 1.54) is 0 Å². The van der Waals surface area contributed by atoms with Gasteiger partial charge in [0.25, 0.3) is 0 Å². The first kappa shape index (κ1) is 18.5. The van der Waals surface area contributed by atoms with Crippen molar-refractivity contribution in [3.63, 3.8) is 0 Å². The van der Waals surface area contributed by atoms with E-state index < -0.39 is 0 Å². The predicted octanol–water partition coefficient (Wildman–Crippen LogP) is 2.37. The lowest BCUT2D eigenvalue weighted by Crippen LogP contribution is -2.46. The number of rotatable bonds is 6. The van der Waals surface area contributed by atoms with Crippen molar-refractivity contribution < 1.29 is 14.3 Å². The van der Waals surface area contributed by atoms with Gasteiger partial charge < -0.3 is 14.4 Å². The molecule has 6 nitrogen and oxygen atoms in total. The molecule has 6 heteroatoms. The average Bonchev–Trinajstić information content (AvgIpc) is 2.97. The normalized spacial score (nSPS) is 17.3. The summed E-state index contributed by atoms with van der Waals surface area (Å²) in [6.45, 7) is 6.48. The van der Waals surface area contributed by atoms with Gasteiger partial charge in [0.1, 0.15) is 5.75 Å². The Kier molecular flexibility index (Phi) is 5.93. The van der Waals surface area contributed by atoms with Crippen molar-refractivity contribution >= 4 is 5.91 Å². The number of aryl methyl sites for hydroxylation is 3. The molecule has 2 aromatic rings. The molecular formula is C20H27N3O3. The SMILES string of the molecule is COc1cccc(C[C@@H]2CN(C(=O)CCn3nc(C)cc3C)CCO2)c1. The van der Waals surface area contributed by atoms with Crippen molar-refractivity contribution in [2.45, 2.75) is 39.3 Å². The number of hydrogen-bond donors (Lipinski definition) is 0. The predicted molar refractivity (Wildman–Crippen MR) is 99.3 cm³/mol. The van der Waals surface area contributed by atoms with Crippen molar-refractivity contribution in [3.8, 4) is 5.75 Å². The molecule has 0 N–H and O–H groups in total. The third-order valence-electron chi connectivity index (χ3n) is 4.73. The van der Waals surface area contributed by atoms with Crippen molar-refractivity contribution in [3.05, 3.63) is 47.3 Å². The summed E-state index contributed by atoms with van der Waals surface area (Å²) in [6, 6.07) is 10.0. The molecule has 0 saturated carbocycles. The van der Waals surface area contributed by atoms with Crippen LogP contribution in [-0.4, -0.2) is 53.5 Å². The minimum absolute atomic E-state index is 0.0218. The first-order chi connectivity index (χ1) is 12.5. The number of carbonyl (C=O) groups excluding carboxylic acids is 1. The monoisotopic (exact) mass is 357 g/mol. The Hall–Kier alpha value is -2.34. The topological polar surface area (TPSA) is 56.6 Å². The zero-order chi connectivity index (χ0) is 18.5. The summed E-state index contributed by atoms with van der Waals surface area (Å²) in [7, 11) is 1.67. The number of methoxy groups -OCH3 is 1. The lowest BCUT2D eigenvalue weighted by atomic mass is 10.1. The van der Waals surface area contributed by atoms with Crippen LogP contribution in [0, 0.1) is 13.8 Å². The van der Waals surface area contributed by atoms with Crippen molar-refractivity contribution in [2.75, 3.05) is 26.8 Å². The van der Waals surface area contributed by atoms with Gasteiger partial charge >= 0.3 is 0 Å². The molecule has 1 aliphatic heterocycles. The number of hydrogen-bond acceptors (Lipinski definition) is 4. The molecule has 1 fully saturated rings. The summed E-state index contributed by atoms with van der Waals surface area (Å²) >= 11 is 0. The van der Waals surface area contributed by atoms with Gasteiger partial charge in [0, 0.05) is 38.2 Å². The Morgan fingerprint density at radius 1 is 1.35 bits per heavy atom. The first-order valence-corrected chi connectivity index (χ1v) is 9.08. The van der Waals surface area contributed by atoms with Crippen molar-refractivity contribution in [1.82, 2.24) is 14.7 Å². The van der Waals surface area contributed by atoms with E-state index in [1.807, 2.05) is 47.7 Å². The quantitative estimate of drug-likeness (QED) is 0.796. The largest absolute Gasteiger partial charge is 0.497 e. The summed E-state index contributed by atoms with van der Waals surface area (Å²) in [5.74, 6) is 1.01. The molecule has 1 saturated heterocycles. The van der Waals surface area contributed by atoms with Crippen molar-refractivity contribution in [1.29, 1.82) is 0 Å². The van der Waals surface area contributed by atoms with Crippen LogP contribution in [0.15, 0.2) is 30.3 Å². The summed E-state index contributed by atoms with van der Waals surface area (Å²) in [5, 5.41) is 4.42. The molecule has 1 aliphatic rings. The molecule has 1 amide bonds. The van der Waals surface area contributed by atoms with Gasteiger partial charge in [0.15, 0.2) is 0 Å².